The maximum atomic E-state index is 11.5. The number of nitrogens with zero attached hydrogens (tertiary/aromatic N) is 2. The van der Waals surface area contributed by atoms with E-state index in [0.29, 0.717) is 0 Å². The lowest BCUT2D eigenvalue weighted by Gasteiger charge is -2.14. The maximum absolute atomic E-state index is 11.5. The molecule has 1 aromatic carbocycles. The zero-order valence-corrected chi connectivity index (χ0v) is 7.99. The third kappa shape index (κ3) is 1.56. The van der Waals surface area contributed by atoms with Gasteiger partial charge in [-0.3, -0.25) is 0 Å². The van der Waals surface area contributed by atoms with E-state index in [1.807, 2.05) is 0 Å². The highest BCUT2D eigenvalue weighted by atomic mass is 16.4. The summed E-state index contributed by atoms with van der Waals surface area (Å²) in [5, 5.41) is 29.6. The molecule has 0 bridgehead atoms. The summed E-state index contributed by atoms with van der Waals surface area (Å²) in [4.78, 5) is 14.2. The first-order chi connectivity index (χ1) is 7.59. The number of carboxylic acid groups (broad SMARTS) is 1. The van der Waals surface area contributed by atoms with Gasteiger partial charge in [0.15, 0.2) is 5.69 Å². The average Bonchev–Trinajstić information content (AvgIpc) is 2.66. The standard InChI is InChI=1S/C10H8N2O4/c13-7-2-1-3-8(14)9(7)12-4-6(10(15)16)11-5-12/h1-5,13-14H,(H,15,16)/p-1. The third-order valence-electron chi connectivity index (χ3n) is 2.04. The first-order valence-electron chi connectivity index (χ1n) is 4.36. The number of phenols is 1. The maximum Gasteiger partial charge on any atom is 0.356 e. The predicted octanol–water partition coefficient (Wildman–Crippen LogP) is 0.350. The Balaban J connectivity index is 2.54. The summed E-state index contributed by atoms with van der Waals surface area (Å²) in [5.74, 6) is -1.82. The number of hydrogen-bond donors (Lipinski definition) is 2. The van der Waals surface area contributed by atoms with Gasteiger partial charge in [-0.25, -0.2) is 9.78 Å². The molecule has 2 rings (SSSR count). The second-order valence-corrected chi connectivity index (χ2v) is 3.10. The van der Waals surface area contributed by atoms with Crippen LogP contribution in [0.1, 0.15) is 10.5 Å². The normalized spacial score (nSPS) is 10.2. The molecule has 0 saturated carbocycles. The van der Waals surface area contributed by atoms with Crippen LogP contribution in [0.15, 0.2) is 30.7 Å². The quantitative estimate of drug-likeness (QED) is 0.759. The number of phenolic OH excluding ortho intramolecular Hbond substituents is 1. The van der Waals surface area contributed by atoms with Crippen LogP contribution in [0.3, 0.4) is 0 Å². The van der Waals surface area contributed by atoms with Gasteiger partial charge in [-0.2, -0.15) is 0 Å². The smallest absolute Gasteiger partial charge is 0.356 e. The van der Waals surface area contributed by atoms with Gasteiger partial charge in [-0.05, 0) is 6.07 Å². The van der Waals surface area contributed by atoms with Crippen molar-refractivity contribution in [1.82, 2.24) is 9.55 Å². The van der Waals surface area contributed by atoms with Gasteiger partial charge in [-0.15, -0.1) is 0 Å². The average molecular weight is 219 g/mol. The molecule has 0 spiro atoms. The van der Waals surface area contributed by atoms with E-state index < -0.39 is 11.7 Å². The number of aromatic nitrogens is 2. The minimum atomic E-state index is -1.19. The Hall–Kier alpha value is -2.50. The van der Waals surface area contributed by atoms with Gasteiger partial charge in [0.2, 0.25) is 0 Å². The lowest BCUT2D eigenvalue weighted by atomic mass is 10.2. The van der Waals surface area contributed by atoms with E-state index >= 15 is 0 Å². The van der Waals surface area contributed by atoms with Crippen LogP contribution in [-0.2, 0) is 0 Å². The lowest BCUT2D eigenvalue weighted by Crippen LogP contribution is -2.00. The highest BCUT2D eigenvalue weighted by molar-refractivity contribution is 5.85. The van der Waals surface area contributed by atoms with Gasteiger partial charge < -0.3 is 19.9 Å². The van der Waals surface area contributed by atoms with Crippen molar-refractivity contribution < 1.29 is 20.1 Å². The summed E-state index contributed by atoms with van der Waals surface area (Å²) < 4.78 is 1.18. The van der Waals surface area contributed by atoms with Gasteiger partial charge in [0.25, 0.3) is 0 Å². The Bertz CT molecular complexity index is 527. The molecule has 1 heterocycles. The Morgan fingerprint density at radius 2 is 2.19 bits per heavy atom. The Morgan fingerprint density at radius 1 is 1.44 bits per heavy atom. The van der Waals surface area contributed by atoms with Crippen molar-refractivity contribution in [2.24, 2.45) is 0 Å². The molecule has 0 atom stereocenters. The van der Waals surface area contributed by atoms with Crippen molar-refractivity contribution in [3.05, 3.63) is 36.4 Å². The first kappa shape index (κ1) is 10.0. The summed E-state index contributed by atoms with van der Waals surface area (Å²) in [6.07, 6.45) is 2.33. The molecule has 0 aliphatic rings. The van der Waals surface area contributed by atoms with Crippen molar-refractivity contribution in [2.45, 2.75) is 0 Å². The molecular formula is C10H7N2O4-. The monoisotopic (exact) mass is 219 g/mol. The second-order valence-electron chi connectivity index (χ2n) is 3.10. The van der Waals surface area contributed by atoms with Gasteiger partial charge in [0.1, 0.15) is 12.1 Å². The highest BCUT2D eigenvalue weighted by Gasteiger charge is 2.09. The molecule has 82 valence electrons. The largest absolute Gasteiger partial charge is 0.871 e. The molecule has 2 N–H and O–H groups in total. The minimum Gasteiger partial charge on any atom is -0.871 e. The van der Waals surface area contributed by atoms with Crippen molar-refractivity contribution >= 4 is 5.97 Å². The first-order valence-corrected chi connectivity index (χ1v) is 4.36. The fourth-order valence-electron chi connectivity index (χ4n) is 1.33. The summed E-state index contributed by atoms with van der Waals surface area (Å²) >= 11 is 0. The Labute approximate surface area is 90.0 Å². The molecule has 0 aliphatic carbocycles. The van der Waals surface area contributed by atoms with Gasteiger partial charge in [0.05, 0.1) is 5.69 Å². The van der Waals surface area contributed by atoms with Crippen molar-refractivity contribution in [3.63, 3.8) is 0 Å². The molecule has 0 aliphatic heterocycles. The van der Waals surface area contributed by atoms with E-state index in [1.165, 1.54) is 35.3 Å². The van der Waals surface area contributed by atoms with E-state index in [9.17, 15) is 15.0 Å². The van der Waals surface area contributed by atoms with E-state index in [0.717, 1.165) is 0 Å². The predicted molar refractivity (Wildman–Crippen MR) is 51.6 cm³/mol. The van der Waals surface area contributed by atoms with Gasteiger partial charge >= 0.3 is 5.97 Å². The molecular weight excluding hydrogens is 212 g/mol. The fraction of sp³-hybridized carbons (Fsp3) is 0. The zero-order chi connectivity index (χ0) is 11.7. The molecule has 6 heteroatoms. The molecule has 0 radical (unpaired) electrons. The number of imidazole rings is 1. The van der Waals surface area contributed by atoms with Crippen LogP contribution in [-0.4, -0.2) is 25.7 Å². The van der Waals surface area contributed by atoms with Crippen LogP contribution in [0.5, 0.6) is 11.5 Å². The topological polar surface area (TPSA) is 98.4 Å². The number of para-hydroxylation sites is 1. The number of hydrogen-bond acceptors (Lipinski definition) is 4. The number of rotatable bonds is 2. The number of carboxylic acids is 1. The summed E-state index contributed by atoms with van der Waals surface area (Å²) in [6, 6.07) is 4.03. The summed E-state index contributed by atoms with van der Waals surface area (Å²) in [5.41, 5.74) is -0.204. The highest BCUT2D eigenvalue weighted by Crippen LogP contribution is 2.28. The van der Waals surface area contributed by atoms with Crippen LogP contribution in [0.4, 0.5) is 0 Å². The van der Waals surface area contributed by atoms with Crippen molar-refractivity contribution in [2.75, 3.05) is 0 Å². The van der Waals surface area contributed by atoms with E-state index in [1.54, 1.807) is 0 Å². The Morgan fingerprint density at radius 3 is 2.75 bits per heavy atom. The van der Waals surface area contributed by atoms with E-state index in [-0.39, 0.29) is 17.1 Å². The second kappa shape index (κ2) is 3.58. The van der Waals surface area contributed by atoms with Gasteiger partial charge in [0, 0.05) is 6.20 Å². The molecule has 0 saturated heterocycles. The molecule has 1 aromatic heterocycles. The SMILES string of the molecule is O=C(O)c1cn(-c2c([O-])cccc2O)cn1. The third-order valence-corrected chi connectivity index (χ3v) is 2.04. The van der Waals surface area contributed by atoms with Crippen LogP contribution in [0.25, 0.3) is 5.69 Å². The summed E-state index contributed by atoms with van der Waals surface area (Å²) in [6.45, 7) is 0. The van der Waals surface area contributed by atoms with Gasteiger partial charge in [-0.1, -0.05) is 17.9 Å². The Kier molecular flexibility index (Phi) is 2.24. The van der Waals surface area contributed by atoms with Crippen LogP contribution >= 0.6 is 0 Å². The molecule has 16 heavy (non-hydrogen) atoms. The summed E-state index contributed by atoms with van der Waals surface area (Å²) in [7, 11) is 0. The minimum absolute atomic E-state index is 0.0116. The number of aromatic carboxylic acids is 1. The van der Waals surface area contributed by atoms with Crippen LogP contribution in [0, 0.1) is 0 Å². The molecule has 2 aromatic rings. The van der Waals surface area contributed by atoms with Crippen molar-refractivity contribution in [3.8, 4) is 17.2 Å². The number of aromatic hydroxyl groups is 1. The number of carbonyl (C=O) groups is 1. The molecule has 0 amide bonds. The zero-order valence-electron chi connectivity index (χ0n) is 7.99. The fourth-order valence-corrected chi connectivity index (χ4v) is 1.33. The van der Waals surface area contributed by atoms with Crippen molar-refractivity contribution in [1.29, 1.82) is 0 Å². The number of benzene rings is 1. The molecule has 6 nitrogen and oxygen atoms in total. The molecule has 0 unspecified atom stereocenters. The van der Waals surface area contributed by atoms with Crippen LogP contribution in [0.2, 0.25) is 0 Å². The lowest BCUT2D eigenvalue weighted by molar-refractivity contribution is -0.268. The van der Waals surface area contributed by atoms with E-state index in [4.69, 9.17) is 5.11 Å². The van der Waals surface area contributed by atoms with Crippen LogP contribution < -0.4 is 5.11 Å². The van der Waals surface area contributed by atoms with E-state index in [2.05, 4.69) is 4.98 Å². The molecule has 0 fully saturated rings.